The normalized spacial score (nSPS) is 17.1. The van der Waals surface area contributed by atoms with Crippen LogP contribution in [0.3, 0.4) is 0 Å². The number of rotatable bonds is 4. The van der Waals surface area contributed by atoms with Gasteiger partial charge in [0.15, 0.2) is 0 Å². The number of carbonyl (C=O) groups excluding carboxylic acids is 1. The first-order valence-electron chi connectivity index (χ1n) is 5.38. The van der Waals surface area contributed by atoms with Crippen LogP contribution in [-0.2, 0) is 10.3 Å². The van der Waals surface area contributed by atoms with E-state index in [9.17, 15) is 4.79 Å². The molecule has 80 valence electrons. The van der Waals surface area contributed by atoms with Crippen LogP contribution in [0.2, 0.25) is 0 Å². The van der Waals surface area contributed by atoms with Crippen molar-refractivity contribution in [3.05, 3.63) is 35.9 Å². The summed E-state index contributed by atoms with van der Waals surface area (Å²) in [7, 11) is 0. The quantitative estimate of drug-likeness (QED) is 0.733. The molecule has 3 heteroatoms. The van der Waals surface area contributed by atoms with E-state index in [-0.39, 0.29) is 11.4 Å². The molecule has 2 N–H and O–H groups in total. The number of benzene rings is 1. The van der Waals surface area contributed by atoms with Crippen LogP contribution in [0.4, 0.5) is 0 Å². The van der Waals surface area contributed by atoms with Gasteiger partial charge in [0.2, 0.25) is 5.91 Å². The number of hydrazine groups is 1. The van der Waals surface area contributed by atoms with Crippen LogP contribution in [0.25, 0.3) is 0 Å². The fraction of sp³-hybridized carbons (Fsp3) is 0.417. The smallest absolute Gasteiger partial charge is 0.233 e. The molecule has 15 heavy (non-hydrogen) atoms. The molecule has 0 saturated heterocycles. The van der Waals surface area contributed by atoms with Crippen molar-refractivity contribution in [3.8, 4) is 0 Å². The minimum absolute atomic E-state index is 0.00785. The van der Waals surface area contributed by atoms with Crippen LogP contribution in [0, 0.1) is 0 Å². The van der Waals surface area contributed by atoms with Crippen LogP contribution < -0.4 is 10.9 Å². The molecule has 1 aromatic carbocycles. The Bertz CT molecular complexity index is 344. The number of hydrogen-bond acceptors (Lipinski definition) is 2. The highest BCUT2D eigenvalue weighted by atomic mass is 16.2. The molecule has 1 saturated carbocycles. The molecule has 1 aliphatic carbocycles. The minimum Gasteiger partial charge on any atom is -0.291 e. The summed E-state index contributed by atoms with van der Waals surface area (Å²) in [5, 5.41) is 0. The predicted octanol–water partition coefficient (Wildman–Crippen LogP) is 1.71. The summed E-state index contributed by atoms with van der Waals surface area (Å²) in [6, 6.07) is 10.2. The number of nitrogens with one attached hydrogen (secondary N) is 2. The van der Waals surface area contributed by atoms with Gasteiger partial charge in [0.25, 0.3) is 0 Å². The molecule has 0 aromatic heterocycles. The molecule has 2 rings (SSSR count). The maximum atomic E-state index is 11.1. The third-order valence-corrected chi connectivity index (χ3v) is 2.84. The average molecular weight is 204 g/mol. The Morgan fingerprint density at radius 3 is 2.53 bits per heavy atom. The number of amides is 1. The Morgan fingerprint density at radius 2 is 2.00 bits per heavy atom. The maximum absolute atomic E-state index is 11.1. The van der Waals surface area contributed by atoms with E-state index in [1.807, 2.05) is 25.1 Å². The van der Waals surface area contributed by atoms with Crippen LogP contribution in [0.1, 0.15) is 31.7 Å². The van der Waals surface area contributed by atoms with E-state index in [1.165, 1.54) is 5.56 Å². The summed E-state index contributed by atoms with van der Waals surface area (Å²) in [6.45, 7) is 1.85. The number of hydrogen-bond donors (Lipinski definition) is 2. The van der Waals surface area contributed by atoms with E-state index >= 15 is 0 Å². The van der Waals surface area contributed by atoms with Gasteiger partial charge in [0.1, 0.15) is 0 Å². The average Bonchev–Trinajstić information content (AvgIpc) is 3.08. The first kappa shape index (κ1) is 10.2. The Balaban J connectivity index is 2.00. The third kappa shape index (κ3) is 2.18. The third-order valence-electron chi connectivity index (χ3n) is 2.84. The van der Waals surface area contributed by atoms with E-state index < -0.39 is 0 Å². The van der Waals surface area contributed by atoms with E-state index in [0.29, 0.717) is 6.42 Å². The van der Waals surface area contributed by atoms with Gasteiger partial charge in [-0.1, -0.05) is 37.3 Å². The lowest BCUT2D eigenvalue weighted by Gasteiger charge is -2.18. The van der Waals surface area contributed by atoms with Crippen molar-refractivity contribution < 1.29 is 4.79 Å². The van der Waals surface area contributed by atoms with Crippen molar-refractivity contribution in [2.75, 3.05) is 0 Å². The lowest BCUT2D eigenvalue weighted by atomic mass is 10.1. The van der Waals surface area contributed by atoms with E-state index in [4.69, 9.17) is 0 Å². The van der Waals surface area contributed by atoms with Gasteiger partial charge in [-0.25, -0.2) is 5.43 Å². The molecule has 0 unspecified atom stereocenters. The zero-order valence-electron chi connectivity index (χ0n) is 8.92. The molecule has 0 aliphatic heterocycles. The second-order valence-electron chi connectivity index (χ2n) is 3.97. The molecule has 1 aromatic rings. The summed E-state index contributed by atoms with van der Waals surface area (Å²) in [5.41, 5.74) is 7.13. The molecule has 0 atom stereocenters. The van der Waals surface area contributed by atoms with Gasteiger partial charge in [0, 0.05) is 6.42 Å². The highest BCUT2D eigenvalue weighted by molar-refractivity contribution is 5.75. The van der Waals surface area contributed by atoms with Crippen molar-refractivity contribution >= 4 is 5.91 Å². The predicted molar refractivity (Wildman–Crippen MR) is 58.9 cm³/mol. The van der Waals surface area contributed by atoms with Crippen LogP contribution in [0.15, 0.2) is 30.3 Å². The molecule has 0 heterocycles. The van der Waals surface area contributed by atoms with Crippen LogP contribution >= 0.6 is 0 Å². The standard InChI is InChI=1S/C12H16N2O/c1-2-11(15)13-14-12(8-9-12)10-6-4-3-5-7-10/h3-7,14H,2,8-9H2,1H3,(H,13,15). The fourth-order valence-electron chi connectivity index (χ4n) is 1.65. The summed E-state index contributed by atoms with van der Waals surface area (Å²) in [4.78, 5) is 11.1. The summed E-state index contributed by atoms with van der Waals surface area (Å²) in [6.07, 6.45) is 2.68. The second kappa shape index (κ2) is 4.03. The Kier molecular flexibility index (Phi) is 2.73. The molecule has 0 spiro atoms. The van der Waals surface area contributed by atoms with Crippen LogP contribution in [0.5, 0.6) is 0 Å². The van der Waals surface area contributed by atoms with Crippen LogP contribution in [-0.4, -0.2) is 5.91 Å². The molecular weight excluding hydrogens is 188 g/mol. The van der Waals surface area contributed by atoms with Gasteiger partial charge in [-0.2, -0.15) is 0 Å². The SMILES string of the molecule is CCC(=O)NNC1(c2ccccc2)CC1. The number of carbonyl (C=O) groups is 1. The molecular formula is C12H16N2O. The molecule has 3 nitrogen and oxygen atoms in total. The highest BCUT2D eigenvalue weighted by Crippen LogP contribution is 2.44. The fourth-order valence-corrected chi connectivity index (χ4v) is 1.65. The largest absolute Gasteiger partial charge is 0.291 e. The van der Waals surface area contributed by atoms with Crippen molar-refractivity contribution in [1.29, 1.82) is 0 Å². The topological polar surface area (TPSA) is 41.1 Å². The second-order valence-corrected chi connectivity index (χ2v) is 3.97. The molecule has 0 bridgehead atoms. The van der Waals surface area contributed by atoms with Gasteiger partial charge in [-0.15, -0.1) is 0 Å². The van der Waals surface area contributed by atoms with Crippen molar-refractivity contribution in [3.63, 3.8) is 0 Å². The summed E-state index contributed by atoms with van der Waals surface area (Å²) in [5.74, 6) is 0.0391. The van der Waals surface area contributed by atoms with Crippen molar-refractivity contribution in [2.24, 2.45) is 0 Å². The molecule has 0 radical (unpaired) electrons. The Hall–Kier alpha value is -1.35. The van der Waals surface area contributed by atoms with Crippen molar-refractivity contribution in [2.45, 2.75) is 31.7 Å². The van der Waals surface area contributed by atoms with Gasteiger partial charge in [0.05, 0.1) is 5.54 Å². The lowest BCUT2D eigenvalue weighted by Crippen LogP contribution is -2.44. The van der Waals surface area contributed by atoms with Gasteiger partial charge >= 0.3 is 0 Å². The summed E-state index contributed by atoms with van der Waals surface area (Å²) < 4.78 is 0. The first-order chi connectivity index (χ1) is 7.27. The Labute approximate surface area is 89.8 Å². The lowest BCUT2D eigenvalue weighted by molar-refractivity contribution is -0.122. The molecule has 1 amide bonds. The zero-order chi connectivity index (χ0) is 10.7. The van der Waals surface area contributed by atoms with Gasteiger partial charge in [-0.3, -0.25) is 10.2 Å². The van der Waals surface area contributed by atoms with Gasteiger partial charge in [-0.05, 0) is 18.4 Å². The zero-order valence-corrected chi connectivity index (χ0v) is 8.92. The highest BCUT2D eigenvalue weighted by Gasteiger charge is 2.44. The minimum atomic E-state index is -0.00785. The van der Waals surface area contributed by atoms with Crippen molar-refractivity contribution in [1.82, 2.24) is 10.9 Å². The first-order valence-corrected chi connectivity index (χ1v) is 5.38. The molecule has 1 fully saturated rings. The van der Waals surface area contributed by atoms with E-state index in [2.05, 4.69) is 23.0 Å². The van der Waals surface area contributed by atoms with Gasteiger partial charge < -0.3 is 0 Å². The van der Waals surface area contributed by atoms with E-state index in [1.54, 1.807) is 0 Å². The maximum Gasteiger partial charge on any atom is 0.233 e. The molecule has 1 aliphatic rings. The Morgan fingerprint density at radius 1 is 1.33 bits per heavy atom. The van der Waals surface area contributed by atoms with E-state index in [0.717, 1.165) is 12.8 Å². The monoisotopic (exact) mass is 204 g/mol. The summed E-state index contributed by atoms with van der Waals surface area (Å²) >= 11 is 0.